The summed E-state index contributed by atoms with van der Waals surface area (Å²) in [6.07, 6.45) is 0.564. The first-order chi connectivity index (χ1) is 13.4. The van der Waals surface area contributed by atoms with Gasteiger partial charge in [-0.2, -0.15) is 0 Å². The number of ether oxygens (including phenoxy) is 1. The number of rotatable bonds is 7. The van der Waals surface area contributed by atoms with Crippen LogP contribution in [0.15, 0.2) is 24.3 Å². The fourth-order valence-electron chi connectivity index (χ4n) is 3.01. The Morgan fingerprint density at radius 1 is 1.17 bits per heavy atom. The standard InChI is InChI=1S/C20H31N3O5S/c1-20(2,3)28-18(24)15-22(12-11-21(4)5)19(25)16-8-6-9-17(14-16)23-10-7-13-29(23,26)27/h6,8-9,14H,7,10-13,15H2,1-5H3. The molecule has 0 aliphatic carbocycles. The van der Waals surface area contributed by atoms with Crippen LogP contribution in [0.25, 0.3) is 0 Å². The highest BCUT2D eigenvalue weighted by Gasteiger charge is 2.29. The third-order valence-electron chi connectivity index (χ3n) is 4.32. The van der Waals surface area contributed by atoms with Gasteiger partial charge in [-0.15, -0.1) is 0 Å². The van der Waals surface area contributed by atoms with Crippen molar-refractivity contribution in [2.24, 2.45) is 0 Å². The van der Waals surface area contributed by atoms with Crippen LogP contribution in [0.5, 0.6) is 0 Å². The molecule has 0 aromatic heterocycles. The van der Waals surface area contributed by atoms with E-state index in [1.165, 1.54) is 9.21 Å². The van der Waals surface area contributed by atoms with Gasteiger partial charge in [0.25, 0.3) is 5.91 Å². The molecule has 29 heavy (non-hydrogen) atoms. The number of benzene rings is 1. The molecular formula is C20H31N3O5S. The molecular weight excluding hydrogens is 394 g/mol. The molecule has 2 rings (SSSR count). The number of nitrogens with zero attached hydrogens (tertiary/aromatic N) is 3. The molecule has 9 heteroatoms. The van der Waals surface area contributed by atoms with Crippen molar-refractivity contribution in [3.63, 3.8) is 0 Å². The number of hydrogen-bond acceptors (Lipinski definition) is 6. The van der Waals surface area contributed by atoms with Crippen LogP contribution < -0.4 is 4.31 Å². The summed E-state index contributed by atoms with van der Waals surface area (Å²) in [5, 5.41) is 0. The molecule has 162 valence electrons. The van der Waals surface area contributed by atoms with Crippen LogP contribution in [-0.4, -0.2) is 81.7 Å². The fraction of sp³-hybridized carbons (Fsp3) is 0.600. The van der Waals surface area contributed by atoms with E-state index < -0.39 is 21.6 Å². The highest BCUT2D eigenvalue weighted by atomic mass is 32.2. The molecule has 0 atom stereocenters. The van der Waals surface area contributed by atoms with Crippen molar-refractivity contribution < 1.29 is 22.7 Å². The molecule has 1 fully saturated rings. The molecule has 0 bridgehead atoms. The second kappa shape index (κ2) is 9.13. The molecule has 1 heterocycles. The number of carbonyl (C=O) groups is 2. The molecule has 1 aliphatic rings. The SMILES string of the molecule is CN(C)CCN(CC(=O)OC(C)(C)C)C(=O)c1cccc(N2CCCS2(=O)=O)c1. The maximum Gasteiger partial charge on any atom is 0.326 e. The summed E-state index contributed by atoms with van der Waals surface area (Å²) in [7, 11) is 0.432. The van der Waals surface area contributed by atoms with Crippen LogP contribution in [0.3, 0.4) is 0 Å². The Labute approximate surface area is 173 Å². The lowest BCUT2D eigenvalue weighted by atomic mass is 10.1. The molecule has 0 spiro atoms. The Bertz CT molecular complexity index is 846. The van der Waals surface area contributed by atoms with E-state index in [4.69, 9.17) is 4.74 Å². The number of likely N-dealkylation sites (N-methyl/N-ethyl adjacent to an activating group) is 1. The van der Waals surface area contributed by atoms with Gasteiger partial charge in [-0.25, -0.2) is 8.42 Å². The van der Waals surface area contributed by atoms with Crippen molar-refractivity contribution in [2.45, 2.75) is 32.8 Å². The van der Waals surface area contributed by atoms with Crippen molar-refractivity contribution in [2.75, 3.05) is 50.3 Å². The molecule has 1 aliphatic heterocycles. The number of amides is 1. The largest absolute Gasteiger partial charge is 0.459 e. The Morgan fingerprint density at radius 2 is 1.86 bits per heavy atom. The second-order valence-corrected chi connectivity index (χ2v) is 10.4. The predicted octanol–water partition coefficient (Wildman–Crippen LogP) is 1.57. The molecule has 1 aromatic carbocycles. The van der Waals surface area contributed by atoms with Gasteiger partial charge >= 0.3 is 5.97 Å². The van der Waals surface area contributed by atoms with Gasteiger partial charge in [0.05, 0.1) is 11.4 Å². The minimum atomic E-state index is -3.34. The van der Waals surface area contributed by atoms with Gasteiger partial charge < -0.3 is 14.5 Å². The van der Waals surface area contributed by atoms with E-state index in [2.05, 4.69) is 0 Å². The minimum Gasteiger partial charge on any atom is -0.459 e. The minimum absolute atomic E-state index is 0.110. The number of esters is 1. The zero-order valence-corrected chi connectivity index (χ0v) is 18.7. The Morgan fingerprint density at radius 3 is 2.41 bits per heavy atom. The van der Waals surface area contributed by atoms with Gasteiger partial charge in [-0.1, -0.05) is 6.07 Å². The van der Waals surface area contributed by atoms with Crippen molar-refractivity contribution in [3.8, 4) is 0 Å². The number of hydrogen-bond donors (Lipinski definition) is 0. The van der Waals surface area contributed by atoms with E-state index in [1.54, 1.807) is 45.0 Å². The smallest absolute Gasteiger partial charge is 0.326 e. The van der Waals surface area contributed by atoms with E-state index in [0.717, 1.165) is 0 Å². The molecule has 0 unspecified atom stereocenters. The van der Waals surface area contributed by atoms with Gasteiger partial charge in [0.15, 0.2) is 0 Å². The second-order valence-electron chi connectivity index (χ2n) is 8.41. The summed E-state index contributed by atoms with van der Waals surface area (Å²) < 4.78 is 31.1. The molecule has 0 N–H and O–H groups in total. The maximum atomic E-state index is 13.1. The quantitative estimate of drug-likeness (QED) is 0.617. The van der Waals surface area contributed by atoms with E-state index in [0.29, 0.717) is 37.3 Å². The van der Waals surface area contributed by atoms with E-state index >= 15 is 0 Å². The normalized spacial score (nSPS) is 16.1. The summed E-state index contributed by atoms with van der Waals surface area (Å²) in [4.78, 5) is 28.8. The van der Waals surface area contributed by atoms with E-state index in [-0.39, 0.29) is 18.2 Å². The molecule has 0 saturated carbocycles. The molecule has 1 amide bonds. The maximum absolute atomic E-state index is 13.1. The van der Waals surface area contributed by atoms with Crippen molar-refractivity contribution >= 4 is 27.6 Å². The van der Waals surface area contributed by atoms with Gasteiger partial charge in [-0.3, -0.25) is 13.9 Å². The Hall–Kier alpha value is -2.13. The summed E-state index contributed by atoms with van der Waals surface area (Å²) in [5.41, 5.74) is 0.169. The van der Waals surface area contributed by atoms with Crippen LogP contribution in [0.1, 0.15) is 37.6 Å². The van der Waals surface area contributed by atoms with E-state index in [1.807, 2.05) is 19.0 Å². The third kappa shape index (κ3) is 6.71. The fourth-order valence-corrected chi connectivity index (χ4v) is 4.57. The van der Waals surface area contributed by atoms with Crippen molar-refractivity contribution in [3.05, 3.63) is 29.8 Å². The first-order valence-electron chi connectivity index (χ1n) is 9.65. The molecule has 0 radical (unpaired) electrons. The monoisotopic (exact) mass is 425 g/mol. The number of carbonyl (C=O) groups excluding carboxylic acids is 2. The highest BCUT2D eigenvalue weighted by molar-refractivity contribution is 7.93. The van der Waals surface area contributed by atoms with Gasteiger partial charge in [0.2, 0.25) is 10.0 Å². The first-order valence-corrected chi connectivity index (χ1v) is 11.3. The average molecular weight is 426 g/mol. The van der Waals surface area contributed by atoms with Crippen LogP contribution in [0.4, 0.5) is 5.69 Å². The van der Waals surface area contributed by atoms with Crippen LogP contribution in [0.2, 0.25) is 0 Å². The molecule has 1 saturated heterocycles. The molecule has 8 nitrogen and oxygen atoms in total. The lowest BCUT2D eigenvalue weighted by molar-refractivity contribution is -0.155. The lowest BCUT2D eigenvalue weighted by Gasteiger charge is -2.26. The number of sulfonamides is 1. The number of anilines is 1. The van der Waals surface area contributed by atoms with Gasteiger partial charge in [0, 0.05) is 25.2 Å². The topological polar surface area (TPSA) is 87.2 Å². The zero-order chi connectivity index (χ0) is 21.8. The summed E-state index contributed by atoms with van der Waals surface area (Å²) in [6.45, 7) is 6.48. The highest BCUT2D eigenvalue weighted by Crippen LogP contribution is 2.25. The summed E-state index contributed by atoms with van der Waals surface area (Å²) >= 11 is 0. The van der Waals surface area contributed by atoms with Crippen molar-refractivity contribution in [1.29, 1.82) is 0 Å². The molecule has 1 aromatic rings. The first kappa shape index (κ1) is 23.2. The van der Waals surface area contributed by atoms with Gasteiger partial charge in [-0.05, 0) is 59.5 Å². The summed E-state index contributed by atoms with van der Waals surface area (Å²) in [5.74, 6) is -0.710. The Balaban J connectivity index is 2.23. The van der Waals surface area contributed by atoms with Crippen LogP contribution >= 0.6 is 0 Å². The van der Waals surface area contributed by atoms with Gasteiger partial charge in [0.1, 0.15) is 12.1 Å². The van der Waals surface area contributed by atoms with Crippen molar-refractivity contribution in [1.82, 2.24) is 9.80 Å². The van der Waals surface area contributed by atoms with Crippen LogP contribution in [0, 0.1) is 0 Å². The Kier molecular flexibility index (Phi) is 7.29. The lowest BCUT2D eigenvalue weighted by Crippen LogP contribution is -2.42. The predicted molar refractivity (Wildman–Crippen MR) is 112 cm³/mol. The van der Waals surface area contributed by atoms with Crippen LogP contribution in [-0.2, 0) is 19.6 Å². The zero-order valence-electron chi connectivity index (χ0n) is 17.8. The average Bonchev–Trinajstić information content (AvgIpc) is 2.95. The summed E-state index contributed by atoms with van der Waals surface area (Å²) in [6, 6.07) is 6.54. The van der Waals surface area contributed by atoms with E-state index in [9.17, 15) is 18.0 Å². The third-order valence-corrected chi connectivity index (χ3v) is 6.19.